The number of carboxylic acids is 3. The van der Waals surface area contributed by atoms with Crippen LogP contribution in [-0.4, -0.2) is 225 Å². The number of nitrogens with two attached hydrogens (primary N) is 2. The average Bonchev–Trinajstić information content (AvgIpc) is 1.62. The van der Waals surface area contributed by atoms with Gasteiger partial charge in [-0.3, -0.25) is 71.9 Å². The molecule has 0 spiro atoms. The van der Waals surface area contributed by atoms with Crippen LogP contribution < -0.4 is 70.0 Å². The van der Waals surface area contributed by atoms with E-state index in [0.717, 1.165) is 6.42 Å². The van der Waals surface area contributed by atoms with E-state index in [2.05, 4.69) is 58.5 Å². The van der Waals surface area contributed by atoms with Crippen LogP contribution in [0.1, 0.15) is 178 Å². The van der Waals surface area contributed by atoms with Crippen LogP contribution in [0.4, 0.5) is 0 Å². The molecule has 3 rings (SSSR count). The van der Waals surface area contributed by atoms with Crippen LogP contribution >= 0.6 is 0 Å². The summed E-state index contributed by atoms with van der Waals surface area (Å²) in [7, 11) is 0. The number of aliphatic carboxylic acids is 3. The van der Waals surface area contributed by atoms with Crippen LogP contribution in [-0.2, 0) is 76.7 Å². The van der Waals surface area contributed by atoms with Gasteiger partial charge in [0, 0.05) is 32.4 Å². The van der Waals surface area contributed by atoms with Gasteiger partial charge in [0.2, 0.25) is 76.8 Å². The summed E-state index contributed by atoms with van der Waals surface area (Å²) in [5.41, 5.74) is 11.2. The van der Waals surface area contributed by atoms with Crippen molar-refractivity contribution >= 4 is 94.7 Å². The fourth-order valence-electron chi connectivity index (χ4n) is 11.6. The second kappa shape index (κ2) is 41.0. The van der Waals surface area contributed by atoms with Crippen molar-refractivity contribution in [2.45, 2.75) is 257 Å². The smallest absolute Gasteiger partial charge is 0.326 e. The van der Waals surface area contributed by atoms with E-state index >= 15 is 0 Å². The highest BCUT2D eigenvalue weighted by molar-refractivity contribution is 6.00. The fourth-order valence-corrected chi connectivity index (χ4v) is 11.6. The minimum absolute atomic E-state index is 0.00964. The van der Waals surface area contributed by atoms with Gasteiger partial charge in [0.1, 0.15) is 72.5 Å². The molecule has 0 aliphatic carbocycles. The molecular weight excluding hydrogens is 1280 g/mol. The van der Waals surface area contributed by atoms with E-state index in [4.69, 9.17) is 11.5 Å². The van der Waals surface area contributed by atoms with Crippen molar-refractivity contribution in [1.29, 1.82) is 0 Å². The van der Waals surface area contributed by atoms with Crippen molar-refractivity contribution < 1.29 is 92.0 Å². The Balaban J connectivity index is 1.81. The summed E-state index contributed by atoms with van der Waals surface area (Å²) in [6.07, 6.45) is -0.0782. The molecule has 98 heavy (non-hydrogen) atoms. The summed E-state index contributed by atoms with van der Waals surface area (Å²) in [5, 5.41) is 57.5. The molecule has 3 saturated heterocycles. The standard InChI is InChI=1S/C64H107N15O19/c1-32(2)30-43(58(91)76-50(34(5)6)61(94)72-39(16-11-12-26-65)55(88)70-40(20-23-47(66)80)56(89)71-41(21-24-48(81)82)57(90)75-44(64(97)98)31-33(3)4)74-59(92)45-18-15-29-79(45)63(96)51(35(7)8)77-60(93)46-19-14-28-78(46)62(95)42(22-25-49(83)84)73-53(86)37(10)68-52(85)36(9)69-54(87)38-17-13-27-67-38/h32-46,50-51,67H,11-31,65H2,1-10H3,(H2,66,80)(H,68,85)(H,69,87)(H,70,88)(H,71,89)(H,72,94)(H,73,86)(H,74,92)(H,75,90)(H,76,91)(H,77,93)(H,81,82)(H,83,84)(H,97,98)/t36-,37-,38-,39-,40-,41-,42-,43-,44-,45-,46-,50-,51-/m0/s1. The summed E-state index contributed by atoms with van der Waals surface area (Å²) in [6, 6.07) is -16.5. The second-order valence-corrected chi connectivity index (χ2v) is 27.1. The predicted octanol–water partition coefficient (Wildman–Crippen LogP) is -2.78. The first-order chi connectivity index (χ1) is 46.0. The van der Waals surface area contributed by atoms with Crippen LogP contribution in [0.25, 0.3) is 0 Å². The van der Waals surface area contributed by atoms with Crippen molar-refractivity contribution in [3.05, 3.63) is 0 Å². The van der Waals surface area contributed by atoms with Crippen molar-refractivity contribution in [3.63, 3.8) is 0 Å². The highest BCUT2D eigenvalue weighted by Crippen LogP contribution is 2.25. The largest absolute Gasteiger partial charge is 0.481 e. The van der Waals surface area contributed by atoms with Gasteiger partial charge < -0.3 is 95.1 Å². The molecule has 13 atom stereocenters. The van der Waals surface area contributed by atoms with Gasteiger partial charge in [-0.15, -0.1) is 0 Å². The van der Waals surface area contributed by atoms with Gasteiger partial charge in [-0.25, -0.2) is 4.79 Å². The molecule has 0 aromatic rings. The molecule has 34 heteroatoms. The lowest BCUT2D eigenvalue weighted by Crippen LogP contribution is -2.61. The second-order valence-electron chi connectivity index (χ2n) is 27.1. The van der Waals surface area contributed by atoms with Gasteiger partial charge in [-0.2, -0.15) is 0 Å². The fraction of sp³-hybridized carbons (Fsp3) is 0.750. The molecule has 0 bridgehead atoms. The zero-order valence-electron chi connectivity index (χ0n) is 58.1. The Kier molecular flexibility index (Phi) is 35.0. The van der Waals surface area contributed by atoms with E-state index in [-0.39, 0.29) is 82.3 Å². The third kappa shape index (κ3) is 27.4. The Bertz CT molecular complexity index is 2830. The molecule has 34 nitrogen and oxygen atoms in total. The summed E-state index contributed by atoms with van der Waals surface area (Å²) < 4.78 is 0. The van der Waals surface area contributed by atoms with Gasteiger partial charge in [0.15, 0.2) is 0 Å². The molecule has 3 heterocycles. The quantitative estimate of drug-likeness (QED) is 0.0275. The van der Waals surface area contributed by atoms with E-state index in [9.17, 15) is 92.0 Å². The molecule has 18 N–H and O–H groups in total. The minimum Gasteiger partial charge on any atom is -0.481 e. The maximum absolute atomic E-state index is 14.6. The molecular formula is C64H107N15O19. The van der Waals surface area contributed by atoms with Gasteiger partial charge in [0.25, 0.3) is 0 Å². The van der Waals surface area contributed by atoms with Crippen molar-refractivity contribution in [2.24, 2.45) is 35.1 Å². The predicted molar refractivity (Wildman–Crippen MR) is 352 cm³/mol. The first-order valence-corrected chi connectivity index (χ1v) is 34.0. The van der Waals surface area contributed by atoms with Crippen LogP contribution in [0.2, 0.25) is 0 Å². The Morgan fingerprint density at radius 3 is 1.35 bits per heavy atom. The number of hydrogen-bond acceptors (Lipinski definition) is 18. The maximum atomic E-state index is 14.6. The number of rotatable bonds is 42. The van der Waals surface area contributed by atoms with Gasteiger partial charge in [0.05, 0.1) is 6.04 Å². The van der Waals surface area contributed by atoms with E-state index in [0.29, 0.717) is 32.2 Å². The lowest BCUT2D eigenvalue weighted by Gasteiger charge is -2.33. The Hall–Kier alpha value is -8.56. The highest BCUT2D eigenvalue weighted by Gasteiger charge is 2.44. The number of unbranched alkanes of at least 4 members (excludes halogenated alkanes) is 1. The summed E-state index contributed by atoms with van der Waals surface area (Å²) in [4.78, 5) is 217. The van der Waals surface area contributed by atoms with Crippen LogP contribution in [0, 0.1) is 23.7 Å². The van der Waals surface area contributed by atoms with Crippen molar-refractivity contribution in [1.82, 2.24) is 68.3 Å². The zero-order chi connectivity index (χ0) is 73.8. The molecule has 0 aromatic carbocycles. The van der Waals surface area contributed by atoms with Gasteiger partial charge >= 0.3 is 17.9 Å². The molecule has 3 aliphatic heterocycles. The Labute approximate surface area is 571 Å². The van der Waals surface area contributed by atoms with Crippen LogP contribution in [0.5, 0.6) is 0 Å². The first-order valence-electron chi connectivity index (χ1n) is 34.0. The monoisotopic (exact) mass is 1390 g/mol. The van der Waals surface area contributed by atoms with Gasteiger partial charge in [-0.1, -0.05) is 55.4 Å². The van der Waals surface area contributed by atoms with Crippen LogP contribution in [0.3, 0.4) is 0 Å². The number of hydrogen-bond donors (Lipinski definition) is 16. The summed E-state index contributed by atoms with van der Waals surface area (Å²) in [5.74, 6) is -16.1. The molecule has 0 saturated carbocycles. The number of carboxylic acid groups (broad SMARTS) is 3. The number of carbonyl (C=O) groups is 16. The lowest BCUT2D eigenvalue weighted by atomic mass is 9.98. The number of primary amides is 1. The Morgan fingerprint density at radius 1 is 0.429 bits per heavy atom. The highest BCUT2D eigenvalue weighted by atomic mass is 16.4. The molecule has 552 valence electrons. The van der Waals surface area contributed by atoms with Crippen molar-refractivity contribution in [3.8, 4) is 0 Å². The maximum Gasteiger partial charge on any atom is 0.326 e. The minimum atomic E-state index is -1.63. The summed E-state index contributed by atoms with van der Waals surface area (Å²) >= 11 is 0. The molecule has 3 fully saturated rings. The third-order valence-electron chi connectivity index (χ3n) is 17.1. The lowest BCUT2D eigenvalue weighted by molar-refractivity contribution is -0.145. The summed E-state index contributed by atoms with van der Waals surface area (Å²) in [6.45, 7) is 17.2. The molecule has 0 aromatic heterocycles. The molecule has 0 radical (unpaired) electrons. The SMILES string of the molecule is CC(C)C[C@H](NC(=O)[C@H](CCC(=O)O)NC(=O)[C@H](CCC(N)=O)NC(=O)[C@H](CCCCN)NC(=O)[C@@H](NC(=O)[C@H](CC(C)C)NC(=O)[C@@H]1CCCN1C(=O)[C@@H](NC(=O)[C@@H]1CCCN1C(=O)[C@H](CCC(=O)O)NC(=O)[C@H](C)NC(=O)[C@H](C)NC(=O)[C@@H]1CCCN1)C(C)C)C(C)C)C(=O)O. The van der Waals surface area contributed by atoms with E-state index in [1.165, 1.54) is 23.6 Å². The number of likely N-dealkylation sites (tertiary alicyclic amines) is 2. The van der Waals surface area contributed by atoms with E-state index in [1.807, 2.05) is 0 Å². The number of amides is 13. The average molecular weight is 1390 g/mol. The first kappa shape index (κ1) is 83.7. The van der Waals surface area contributed by atoms with E-state index in [1.54, 1.807) is 55.4 Å². The Morgan fingerprint density at radius 2 is 0.867 bits per heavy atom. The van der Waals surface area contributed by atoms with E-state index < -0.39 is 211 Å². The zero-order valence-corrected chi connectivity index (χ0v) is 58.1. The number of carbonyl (C=O) groups excluding carboxylic acids is 13. The third-order valence-corrected chi connectivity index (χ3v) is 17.1. The van der Waals surface area contributed by atoms with Crippen LogP contribution in [0.15, 0.2) is 0 Å². The molecule has 13 amide bonds. The van der Waals surface area contributed by atoms with Crippen molar-refractivity contribution in [2.75, 3.05) is 26.2 Å². The molecule has 3 aliphatic rings. The topological polar surface area (TPSA) is 525 Å². The number of nitrogens with one attached hydrogen (secondary N) is 11. The normalized spacial score (nSPS) is 19.1. The molecule has 0 unspecified atom stereocenters. The van der Waals surface area contributed by atoms with Gasteiger partial charge in [-0.05, 0) is 141 Å². The number of nitrogens with zero attached hydrogens (tertiary/aromatic N) is 2.